The lowest BCUT2D eigenvalue weighted by molar-refractivity contribution is 0.294. The summed E-state index contributed by atoms with van der Waals surface area (Å²) in [5, 5.41) is 9.52. The first-order valence-electron chi connectivity index (χ1n) is 9.68. The zero-order chi connectivity index (χ0) is 22.6. The number of aryl methyl sites for hydroxylation is 1. The van der Waals surface area contributed by atoms with E-state index in [2.05, 4.69) is 19.7 Å². The molecule has 8 nitrogen and oxygen atoms in total. The number of ether oxygens (including phenoxy) is 1. The van der Waals surface area contributed by atoms with Gasteiger partial charge in [0.25, 0.3) is 15.9 Å². The van der Waals surface area contributed by atoms with E-state index in [1.807, 2.05) is 13.0 Å². The van der Waals surface area contributed by atoms with Crippen LogP contribution < -0.4 is 9.46 Å². The van der Waals surface area contributed by atoms with E-state index in [0.29, 0.717) is 11.3 Å². The summed E-state index contributed by atoms with van der Waals surface area (Å²) in [7, 11) is -3.90. The molecule has 0 aliphatic rings. The Bertz CT molecular complexity index is 1310. The molecule has 2 aromatic carbocycles. The first kappa shape index (κ1) is 21.3. The number of pyridine rings is 1. The van der Waals surface area contributed by atoms with Crippen LogP contribution in [-0.4, -0.2) is 28.5 Å². The highest BCUT2D eigenvalue weighted by Gasteiger charge is 2.19. The van der Waals surface area contributed by atoms with Gasteiger partial charge in [-0.3, -0.25) is 9.71 Å². The van der Waals surface area contributed by atoms with Gasteiger partial charge in [-0.2, -0.15) is 0 Å². The smallest absolute Gasteiger partial charge is 0.263 e. The van der Waals surface area contributed by atoms with Gasteiger partial charge >= 0.3 is 0 Å². The number of nitrogens with one attached hydrogen (secondary N) is 1. The minimum atomic E-state index is -3.90. The fourth-order valence-electron chi connectivity index (χ4n) is 2.85. The van der Waals surface area contributed by atoms with Crippen molar-refractivity contribution in [2.45, 2.75) is 18.4 Å². The van der Waals surface area contributed by atoms with Gasteiger partial charge in [-0.15, -0.1) is 0 Å². The number of sulfonamides is 1. The molecule has 2 N–H and O–H groups in total. The molecule has 0 saturated heterocycles. The van der Waals surface area contributed by atoms with Crippen molar-refractivity contribution >= 4 is 15.8 Å². The summed E-state index contributed by atoms with van der Waals surface area (Å²) in [6, 6.07) is 16.5. The van der Waals surface area contributed by atoms with E-state index in [1.165, 1.54) is 30.5 Å². The molecule has 32 heavy (non-hydrogen) atoms. The number of aromatic hydroxyl groups is 1. The standard InChI is InChI=1S/C23H20N4O4S/c1-16-4-10-20(11-5-16)32(29,30)27-22-23(31-15-17-3-2-12-24-13-17)26-21(14-25-22)18-6-8-19(28)9-7-18/h2-14,28H,15H2,1H3,(H,25,27). The minimum absolute atomic E-state index is 0.0233. The van der Waals surface area contributed by atoms with Crippen LogP contribution in [0, 0.1) is 6.92 Å². The molecule has 0 aliphatic heterocycles. The predicted octanol–water partition coefficient (Wildman–Crippen LogP) is 3.93. The molecule has 4 rings (SSSR count). The van der Waals surface area contributed by atoms with Crippen LogP contribution >= 0.6 is 0 Å². The van der Waals surface area contributed by atoms with Gasteiger partial charge in [-0.25, -0.2) is 18.4 Å². The molecule has 0 aliphatic carbocycles. The largest absolute Gasteiger partial charge is 0.508 e. The van der Waals surface area contributed by atoms with E-state index in [-0.39, 0.29) is 28.9 Å². The SMILES string of the molecule is Cc1ccc(S(=O)(=O)Nc2ncc(-c3ccc(O)cc3)nc2OCc2cccnc2)cc1. The molecule has 0 saturated carbocycles. The highest BCUT2D eigenvalue weighted by molar-refractivity contribution is 7.92. The number of hydrogen-bond donors (Lipinski definition) is 2. The zero-order valence-corrected chi connectivity index (χ0v) is 18.0. The van der Waals surface area contributed by atoms with Crippen molar-refractivity contribution in [2.75, 3.05) is 4.72 Å². The van der Waals surface area contributed by atoms with Crippen molar-refractivity contribution in [1.82, 2.24) is 15.0 Å². The van der Waals surface area contributed by atoms with Crippen LogP contribution in [0.5, 0.6) is 11.6 Å². The number of hydrogen-bond acceptors (Lipinski definition) is 7. The topological polar surface area (TPSA) is 114 Å². The first-order valence-corrected chi connectivity index (χ1v) is 11.2. The molecule has 162 valence electrons. The van der Waals surface area contributed by atoms with Crippen LogP contribution in [-0.2, 0) is 16.6 Å². The summed E-state index contributed by atoms with van der Waals surface area (Å²) in [6.07, 6.45) is 4.74. The Kier molecular flexibility index (Phi) is 6.00. The Labute approximate surface area is 185 Å². The molecule has 2 aromatic heterocycles. The monoisotopic (exact) mass is 448 g/mol. The van der Waals surface area contributed by atoms with E-state index < -0.39 is 10.0 Å². The second-order valence-corrected chi connectivity index (χ2v) is 8.71. The molecule has 0 spiro atoms. The van der Waals surface area contributed by atoms with Crippen molar-refractivity contribution in [1.29, 1.82) is 0 Å². The van der Waals surface area contributed by atoms with Crippen molar-refractivity contribution in [2.24, 2.45) is 0 Å². The second-order valence-electron chi connectivity index (χ2n) is 7.02. The fourth-order valence-corrected chi connectivity index (χ4v) is 3.86. The molecule has 0 radical (unpaired) electrons. The minimum Gasteiger partial charge on any atom is -0.508 e. The van der Waals surface area contributed by atoms with Crippen molar-refractivity contribution < 1.29 is 18.3 Å². The van der Waals surface area contributed by atoms with Gasteiger partial charge in [0.2, 0.25) is 5.82 Å². The van der Waals surface area contributed by atoms with Crippen LogP contribution in [0.15, 0.2) is 84.1 Å². The molecular formula is C23H20N4O4S. The Morgan fingerprint density at radius 2 is 1.75 bits per heavy atom. The molecular weight excluding hydrogens is 428 g/mol. The quantitative estimate of drug-likeness (QED) is 0.440. The average molecular weight is 449 g/mol. The Morgan fingerprint density at radius 1 is 1.00 bits per heavy atom. The number of anilines is 1. The number of rotatable bonds is 7. The summed E-state index contributed by atoms with van der Waals surface area (Å²) in [5.74, 6) is 0.115. The molecule has 4 aromatic rings. The second kappa shape index (κ2) is 9.03. The fraction of sp³-hybridized carbons (Fsp3) is 0.0870. The maximum Gasteiger partial charge on any atom is 0.263 e. The van der Waals surface area contributed by atoms with E-state index in [1.54, 1.807) is 42.7 Å². The predicted molar refractivity (Wildman–Crippen MR) is 120 cm³/mol. The van der Waals surface area contributed by atoms with E-state index in [4.69, 9.17) is 4.74 Å². The first-order chi connectivity index (χ1) is 15.4. The summed E-state index contributed by atoms with van der Waals surface area (Å²) in [5.41, 5.74) is 2.89. The van der Waals surface area contributed by atoms with Gasteiger partial charge in [0.05, 0.1) is 16.8 Å². The lowest BCUT2D eigenvalue weighted by Gasteiger charge is -2.13. The Hall–Kier alpha value is -3.98. The number of phenols is 1. The third-order valence-electron chi connectivity index (χ3n) is 4.56. The molecule has 9 heteroatoms. The highest BCUT2D eigenvalue weighted by atomic mass is 32.2. The van der Waals surface area contributed by atoms with Gasteiger partial charge in [-0.1, -0.05) is 23.8 Å². The molecule has 0 bridgehead atoms. The van der Waals surface area contributed by atoms with Crippen LogP contribution in [0.25, 0.3) is 11.3 Å². The lowest BCUT2D eigenvalue weighted by Crippen LogP contribution is -2.15. The van der Waals surface area contributed by atoms with Gasteiger partial charge < -0.3 is 9.84 Å². The van der Waals surface area contributed by atoms with Crippen LogP contribution in [0.1, 0.15) is 11.1 Å². The van der Waals surface area contributed by atoms with E-state index in [0.717, 1.165) is 11.1 Å². The molecule has 0 unspecified atom stereocenters. The number of aromatic nitrogens is 3. The summed E-state index contributed by atoms with van der Waals surface area (Å²) in [6.45, 7) is 2.00. The molecule has 0 fully saturated rings. The maximum atomic E-state index is 12.9. The van der Waals surface area contributed by atoms with Gasteiger partial charge in [0.1, 0.15) is 12.4 Å². The maximum absolute atomic E-state index is 12.9. The van der Waals surface area contributed by atoms with Gasteiger partial charge in [0, 0.05) is 23.5 Å². The number of benzene rings is 2. The number of phenolic OH excluding ortho intramolecular Hbond substituents is 1. The molecule has 0 atom stereocenters. The van der Waals surface area contributed by atoms with E-state index in [9.17, 15) is 13.5 Å². The highest BCUT2D eigenvalue weighted by Crippen LogP contribution is 2.28. The Morgan fingerprint density at radius 3 is 2.44 bits per heavy atom. The van der Waals surface area contributed by atoms with E-state index >= 15 is 0 Å². The third-order valence-corrected chi connectivity index (χ3v) is 5.92. The lowest BCUT2D eigenvalue weighted by atomic mass is 10.1. The summed E-state index contributed by atoms with van der Waals surface area (Å²) in [4.78, 5) is 12.9. The molecule has 2 heterocycles. The van der Waals surface area contributed by atoms with Crippen molar-refractivity contribution in [3.63, 3.8) is 0 Å². The van der Waals surface area contributed by atoms with Crippen molar-refractivity contribution in [3.05, 3.63) is 90.4 Å². The van der Waals surface area contributed by atoms with Gasteiger partial charge in [-0.05, 0) is 49.4 Å². The third kappa shape index (κ3) is 5.01. The molecule has 0 amide bonds. The normalized spacial score (nSPS) is 11.2. The summed E-state index contributed by atoms with van der Waals surface area (Å²) < 4.78 is 34.0. The Balaban J connectivity index is 1.68. The van der Waals surface area contributed by atoms with Crippen LogP contribution in [0.2, 0.25) is 0 Å². The van der Waals surface area contributed by atoms with Gasteiger partial charge in [0.15, 0.2) is 0 Å². The number of nitrogens with zero attached hydrogens (tertiary/aromatic N) is 3. The van der Waals surface area contributed by atoms with Crippen LogP contribution in [0.4, 0.5) is 5.82 Å². The zero-order valence-electron chi connectivity index (χ0n) is 17.1. The summed E-state index contributed by atoms with van der Waals surface area (Å²) >= 11 is 0. The van der Waals surface area contributed by atoms with Crippen LogP contribution in [0.3, 0.4) is 0 Å². The average Bonchev–Trinajstić information content (AvgIpc) is 2.80. The van der Waals surface area contributed by atoms with Crippen molar-refractivity contribution in [3.8, 4) is 22.9 Å².